The molecule has 4 rings (SSSR count). The minimum Gasteiger partial charge on any atom is -0.469 e. The van der Waals surface area contributed by atoms with E-state index in [1.54, 1.807) is 0 Å². The van der Waals surface area contributed by atoms with Crippen molar-refractivity contribution in [2.45, 2.75) is 117 Å². The molecule has 0 amide bonds. The zero-order chi connectivity index (χ0) is 24.5. The molecule has 9 atom stereocenters. The Balaban J connectivity index is 1.36. The van der Waals surface area contributed by atoms with Crippen LogP contribution in [0.1, 0.15) is 105 Å². The summed E-state index contributed by atoms with van der Waals surface area (Å²) in [4.78, 5) is 11.7. The van der Waals surface area contributed by atoms with Crippen LogP contribution in [0.5, 0.6) is 0 Å². The highest BCUT2D eigenvalue weighted by atomic mass is 16.5. The molecule has 34 heavy (non-hydrogen) atoms. The van der Waals surface area contributed by atoms with E-state index in [0.717, 1.165) is 55.1 Å². The number of carbonyl (C=O) groups is 1. The number of hydrogen-bond acceptors (Lipinski definition) is 4. The van der Waals surface area contributed by atoms with Gasteiger partial charge in [-0.1, -0.05) is 34.6 Å². The summed E-state index contributed by atoms with van der Waals surface area (Å²) in [7, 11) is 1.52. The van der Waals surface area contributed by atoms with E-state index < -0.39 is 0 Å². The van der Waals surface area contributed by atoms with Gasteiger partial charge in [-0.2, -0.15) is 0 Å². The number of hydrogen-bond donors (Lipinski definition) is 2. The summed E-state index contributed by atoms with van der Waals surface area (Å²) < 4.78 is 4.92. The molecule has 2 N–H and O–H groups in total. The average Bonchev–Trinajstić information content (AvgIpc) is 3.17. The van der Waals surface area contributed by atoms with Crippen LogP contribution in [0.4, 0.5) is 0 Å². The van der Waals surface area contributed by atoms with Gasteiger partial charge in [-0.3, -0.25) is 4.79 Å². The predicted octanol–water partition coefficient (Wildman–Crippen LogP) is 6.19. The molecule has 4 saturated carbocycles. The Morgan fingerprint density at radius 1 is 0.941 bits per heavy atom. The van der Waals surface area contributed by atoms with Gasteiger partial charge in [-0.25, -0.2) is 0 Å². The van der Waals surface area contributed by atoms with Gasteiger partial charge in [-0.05, 0) is 111 Å². The smallest absolute Gasteiger partial charge is 0.305 e. The lowest BCUT2D eigenvalue weighted by Crippen LogP contribution is -2.55. The Morgan fingerprint density at radius 2 is 1.68 bits per heavy atom. The maximum atomic E-state index is 11.7. The number of carbonyl (C=O) groups excluding carboxylic acids is 1. The molecule has 0 bridgehead atoms. The molecule has 0 radical (unpaired) electrons. The Labute approximate surface area is 210 Å². The van der Waals surface area contributed by atoms with Crippen LogP contribution in [-0.2, 0) is 9.53 Å². The van der Waals surface area contributed by atoms with Gasteiger partial charge >= 0.3 is 5.97 Å². The fourth-order valence-electron chi connectivity index (χ4n) is 9.70. The molecule has 4 aliphatic rings. The standard InChI is InChI=1S/C30H54N2O2/c1-20(2)31-17-18-32-23-13-15-29(4)22(19-23)8-9-24-26-11-10-25(21(3)7-12-28(33)34-6)30(26,5)16-14-27(24)29/h20-27,31-32H,7-19H2,1-6H3/t21?,22-,23-,24?,25-,26?,27?,29+,30-/m1/s1. The third-order valence-electron chi connectivity index (χ3n) is 11.6. The van der Waals surface area contributed by atoms with Gasteiger partial charge in [0, 0.05) is 31.6 Å². The maximum absolute atomic E-state index is 11.7. The lowest BCUT2D eigenvalue weighted by molar-refractivity contribution is -0.141. The van der Waals surface area contributed by atoms with Gasteiger partial charge in [-0.15, -0.1) is 0 Å². The van der Waals surface area contributed by atoms with Crippen LogP contribution >= 0.6 is 0 Å². The monoisotopic (exact) mass is 474 g/mol. The van der Waals surface area contributed by atoms with E-state index in [2.05, 4.69) is 45.3 Å². The Bertz CT molecular complexity index is 695. The Hall–Kier alpha value is -0.610. The number of fused-ring (bicyclic) bond motifs is 5. The van der Waals surface area contributed by atoms with E-state index >= 15 is 0 Å². The molecule has 4 fully saturated rings. The highest BCUT2D eigenvalue weighted by Gasteiger charge is 2.60. The van der Waals surface area contributed by atoms with E-state index in [1.165, 1.54) is 64.9 Å². The molecule has 196 valence electrons. The summed E-state index contributed by atoms with van der Waals surface area (Å²) in [6.45, 7) is 14.4. The number of methoxy groups -OCH3 is 1. The molecule has 4 nitrogen and oxygen atoms in total. The molecule has 0 saturated heterocycles. The van der Waals surface area contributed by atoms with Crippen molar-refractivity contribution in [3.8, 4) is 0 Å². The molecule has 0 aromatic heterocycles. The quantitative estimate of drug-likeness (QED) is 0.309. The molecule has 4 aliphatic carbocycles. The zero-order valence-corrected chi connectivity index (χ0v) is 23.1. The van der Waals surface area contributed by atoms with Crippen LogP contribution in [0.2, 0.25) is 0 Å². The van der Waals surface area contributed by atoms with Crippen LogP contribution in [0.3, 0.4) is 0 Å². The highest BCUT2D eigenvalue weighted by Crippen LogP contribution is 2.68. The van der Waals surface area contributed by atoms with Crippen molar-refractivity contribution in [3.05, 3.63) is 0 Å². The van der Waals surface area contributed by atoms with Gasteiger partial charge in [0.25, 0.3) is 0 Å². The highest BCUT2D eigenvalue weighted by molar-refractivity contribution is 5.69. The second-order valence-corrected chi connectivity index (χ2v) is 13.5. The molecule has 4 unspecified atom stereocenters. The minimum absolute atomic E-state index is 0.0391. The molecule has 4 heteroatoms. The largest absolute Gasteiger partial charge is 0.469 e. The summed E-state index contributed by atoms with van der Waals surface area (Å²) in [5.74, 6) is 5.08. The summed E-state index contributed by atoms with van der Waals surface area (Å²) in [6.07, 6.45) is 14.4. The second kappa shape index (κ2) is 10.8. The SMILES string of the molecule is COC(=O)CCC(C)[C@H]1CCC2C3CC[C@@H]4C[C@H](NCCNC(C)C)CC[C@]4(C)C3CC[C@@]21C. The molecule has 0 heterocycles. The summed E-state index contributed by atoms with van der Waals surface area (Å²) in [5.41, 5.74) is 1.05. The van der Waals surface area contributed by atoms with Crippen molar-refractivity contribution in [2.75, 3.05) is 20.2 Å². The van der Waals surface area contributed by atoms with E-state index in [-0.39, 0.29) is 5.97 Å². The first-order valence-electron chi connectivity index (χ1n) is 14.7. The minimum atomic E-state index is -0.0391. The second-order valence-electron chi connectivity index (χ2n) is 13.5. The van der Waals surface area contributed by atoms with E-state index in [4.69, 9.17) is 4.74 Å². The molecule has 0 aromatic rings. The predicted molar refractivity (Wildman–Crippen MR) is 141 cm³/mol. The third-order valence-corrected chi connectivity index (χ3v) is 11.6. The van der Waals surface area contributed by atoms with Gasteiger partial charge in [0.15, 0.2) is 0 Å². The summed E-state index contributed by atoms with van der Waals surface area (Å²) in [5, 5.41) is 7.44. The van der Waals surface area contributed by atoms with Gasteiger partial charge in [0.1, 0.15) is 0 Å². The van der Waals surface area contributed by atoms with Crippen molar-refractivity contribution >= 4 is 5.97 Å². The zero-order valence-electron chi connectivity index (χ0n) is 23.1. The first-order chi connectivity index (χ1) is 16.2. The van der Waals surface area contributed by atoms with Crippen molar-refractivity contribution in [3.63, 3.8) is 0 Å². The first-order valence-corrected chi connectivity index (χ1v) is 14.7. The average molecular weight is 475 g/mol. The van der Waals surface area contributed by atoms with E-state index in [1.807, 2.05) is 0 Å². The fourth-order valence-corrected chi connectivity index (χ4v) is 9.70. The van der Waals surface area contributed by atoms with Crippen molar-refractivity contribution < 1.29 is 9.53 Å². The van der Waals surface area contributed by atoms with Gasteiger partial charge < -0.3 is 15.4 Å². The van der Waals surface area contributed by atoms with Crippen LogP contribution in [0.15, 0.2) is 0 Å². The molecular formula is C30H54N2O2. The molecule has 0 spiro atoms. The number of ether oxygens (including phenoxy) is 1. The first kappa shape index (κ1) is 26.5. The normalized spacial score (nSPS) is 42.6. The van der Waals surface area contributed by atoms with Crippen molar-refractivity contribution in [2.24, 2.45) is 46.3 Å². The van der Waals surface area contributed by atoms with Crippen LogP contribution in [0.25, 0.3) is 0 Å². The Kier molecular flexibility index (Phi) is 8.39. The third kappa shape index (κ3) is 5.10. The number of rotatable bonds is 9. The van der Waals surface area contributed by atoms with Crippen molar-refractivity contribution in [1.29, 1.82) is 0 Å². The topological polar surface area (TPSA) is 50.4 Å². The van der Waals surface area contributed by atoms with Gasteiger partial charge in [0.05, 0.1) is 7.11 Å². The maximum Gasteiger partial charge on any atom is 0.305 e. The van der Waals surface area contributed by atoms with Crippen molar-refractivity contribution in [1.82, 2.24) is 10.6 Å². The number of nitrogens with one attached hydrogen (secondary N) is 2. The van der Waals surface area contributed by atoms with Crippen LogP contribution < -0.4 is 10.6 Å². The van der Waals surface area contributed by atoms with Crippen LogP contribution in [0, 0.1) is 46.3 Å². The van der Waals surface area contributed by atoms with E-state index in [9.17, 15) is 4.79 Å². The summed E-state index contributed by atoms with van der Waals surface area (Å²) in [6, 6.07) is 1.30. The molecule has 0 aromatic carbocycles. The Morgan fingerprint density at radius 3 is 2.41 bits per heavy atom. The van der Waals surface area contributed by atoms with Gasteiger partial charge in [0.2, 0.25) is 0 Å². The fraction of sp³-hybridized carbons (Fsp3) is 0.967. The van der Waals surface area contributed by atoms with E-state index in [0.29, 0.717) is 29.2 Å². The molecule has 0 aliphatic heterocycles. The van der Waals surface area contributed by atoms with Crippen LogP contribution in [-0.4, -0.2) is 38.3 Å². The summed E-state index contributed by atoms with van der Waals surface area (Å²) >= 11 is 0. The number of esters is 1. The lowest BCUT2D eigenvalue weighted by atomic mass is 9.44. The molecular weight excluding hydrogens is 420 g/mol. The lowest BCUT2D eigenvalue weighted by Gasteiger charge is -2.61.